The molecule has 0 aliphatic carbocycles. The molecule has 0 saturated carbocycles. The second-order valence-electron chi connectivity index (χ2n) is 8.52. The third-order valence-electron chi connectivity index (χ3n) is 6.05. The highest BCUT2D eigenvalue weighted by molar-refractivity contribution is 5.94. The number of rotatable bonds is 9. The number of hydroxylamine groups is 1. The van der Waals surface area contributed by atoms with E-state index in [4.69, 9.17) is 14.3 Å². The number of nitrogens with zero attached hydrogens (tertiary/aromatic N) is 3. The molecule has 0 radical (unpaired) electrons. The number of carbonyl (C=O) groups excluding carboxylic acids is 1. The molecule has 1 N–H and O–H groups in total. The highest BCUT2D eigenvalue weighted by Gasteiger charge is 2.16. The molecule has 4 rings (SSSR count). The van der Waals surface area contributed by atoms with Crippen LogP contribution in [0.4, 0.5) is 11.4 Å². The molecule has 3 aromatic rings. The fourth-order valence-corrected chi connectivity index (χ4v) is 4.10. The predicted molar refractivity (Wildman–Crippen MR) is 139 cm³/mol. The second kappa shape index (κ2) is 12.2. The summed E-state index contributed by atoms with van der Waals surface area (Å²) < 4.78 is 11.0. The Balaban J connectivity index is 1.45. The van der Waals surface area contributed by atoms with Gasteiger partial charge < -0.3 is 14.4 Å². The van der Waals surface area contributed by atoms with Gasteiger partial charge in [0.05, 0.1) is 18.3 Å². The summed E-state index contributed by atoms with van der Waals surface area (Å²) in [5, 5.41) is 10.4. The summed E-state index contributed by atoms with van der Waals surface area (Å²) >= 11 is 0. The first-order valence-corrected chi connectivity index (χ1v) is 12.0. The van der Waals surface area contributed by atoms with Gasteiger partial charge in [-0.1, -0.05) is 30.4 Å². The van der Waals surface area contributed by atoms with Crippen LogP contribution in [-0.4, -0.2) is 37.9 Å². The summed E-state index contributed by atoms with van der Waals surface area (Å²) in [6.07, 6.45) is 7.22. The molecule has 1 aliphatic rings. The minimum Gasteiger partial charge on any atom is -0.496 e. The third-order valence-corrected chi connectivity index (χ3v) is 6.05. The molecule has 0 bridgehead atoms. The molecule has 1 fully saturated rings. The molecule has 186 valence electrons. The Labute approximate surface area is 211 Å². The van der Waals surface area contributed by atoms with Crippen molar-refractivity contribution in [3.63, 3.8) is 0 Å². The molecule has 1 aromatic heterocycles. The van der Waals surface area contributed by atoms with E-state index in [1.807, 2.05) is 66.6 Å². The highest BCUT2D eigenvalue weighted by Crippen LogP contribution is 2.34. The maximum Gasteiger partial charge on any atom is 0.243 e. The summed E-state index contributed by atoms with van der Waals surface area (Å²) in [7, 11) is 3.59. The van der Waals surface area contributed by atoms with Gasteiger partial charge in [0.1, 0.15) is 17.5 Å². The van der Waals surface area contributed by atoms with Crippen LogP contribution in [-0.2, 0) is 14.4 Å². The first-order chi connectivity index (χ1) is 17.6. The van der Waals surface area contributed by atoms with Gasteiger partial charge in [-0.25, -0.2) is 15.3 Å². The van der Waals surface area contributed by atoms with Crippen molar-refractivity contribution in [1.82, 2.24) is 10.5 Å². The van der Waals surface area contributed by atoms with Crippen molar-refractivity contribution in [1.29, 1.82) is 5.26 Å². The second-order valence-corrected chi connectivity index (χ2v) is 8.52. The number of hydrogen-bond acceptors (Lipinski definition) is 7. The van der Waals surface area contributed by atoms with Crippen LogP contribution >= 0.6 is 0 Å². The van der Waals surface area contributed by atoms with E-state index >= 15 is 0 Å². The lowest BCUT2D eigenvalue weighted by molar-refractivity contribution is -0.200. The normalized spacial score (nSPS) is 15.5. The SMILES string of the molecule is COc1ccc(N(C)c2cc(C#N)nc3ccccc23)cc1/C=C/CCC(=O)NOC1CCCCO1. The fraction of sp³-hybridized carbons (Fsp3) is 0.321. The summed E-state index contributed by atoms with van der Waals surface area (Å²) in [6.45, 7) is 0.663. The van der Waals surface area contributed by atoms with E-state index in [1.54, 1.807) is 13.2 Å². The molecule has 8 heteroatoms. The molecule has 2 heterocycles. The average Bonchev–Trinajstić information content (AvgIpc) is 2.93. The number of carbonyl (C=O) groups is 1. The van der Waals surface area contributed by atoms with Crippen LogP contribution in [0, 0.1) is 11.3 Å². The lowest BCUT2D eigenvalue weighted by Crippen LogP contribution is -2.32. The number of nitrogens with one attached hydrogen (secondary N) is 1. The molecule has 1 amide bonds. The maximum absolute atomic E-state index is 12.1. The number of benzene rings is 2. The lowest BCUT2D eigenvalue weighted by atomic mass is 10.1. The van der Waals surface area contributed by atoms with Crippen molar-refractivity contribution < 1.29 is 19.1 Å². The van der Waals surface area contributed by atoms with Crippen molar-refractivity contribution >= 4 is 34.3 Å². The Kier molecular flexibility index (Phi) is 8.50. The van der Waals surface area contributed by atoms with Crippen LogP contribution < -0.4 is 15.1 Å². The van der Waals surface area contributed by atoms with Crippen molar-refractivity contribution in [2.75, 3.05) is 25.7 Å². The van der Waals surface area contributed by atoms with Crippen LogP contribution in [0.1, 0.15) is 43.4 Å². The zero-order valence-electron chi connectivity index (χ0n) is 20.6. The third kappa shape index (κ3) is 6.19. The summed E-state index contributed by atoms with van der Waals surface area (Å²) in [5.74, 6) is 0.537. The van der Waals surface area contributed by atoms with Crippen molar-refractivity contribution in [3.05, 3.63) is 65.9 Å². The number of hydrogen-bond donors (Lipinski definition) is 1. The van der Waals surface area contributed by atoms with Crippen molar-refractivity contribution in [2.45, 2.75) is 38.4 Å². The zero-order valence-corrected chi connectivity index (χ0v) is 20.6. The molecule has 8 nitrogen and oxygen atoms in total. The lowest BCUT2D eigenvalue weighted by Gasteiger charge is -2.22. The van der Waals surface area contributed by atoms with E-state index in [2.05, 4.69) is 16.5 Å². The fourth-order valence-electron chi connectivity index (χ4n) is 4.10. The van der Waals surface area contributed by atoms with Gasteiger partial charge in [-0.2, -0.15) is 5.26 Å². The monoisotopic (exact) mass is 486 g/mol. The van der Waals surface area contributed by atoms with E-state index in [0.717, 1.165) is 52.9 Å². The van der Waals surface area contributed by atoms with E-state index < -0.39 is 0 Å². The molecule has 0 spiro atoms. The number of nitriles is 1. The Hall–Kier alpha value is -3.93. The first-order valence-electron chi connectivity index (χ1n) is 12.0. The standard InChI is InChI=1S/C28H30N4O4/c1-32(25-18-21(19-29)30-24-11-5-4-10-23(24)25)22-14-15-26(34-2)20(17-22)9-3-6-12-27(33)31-36-28-13-7-8-16-35-28/h3-5,9-11,14-15,17-18,28H,6-8,12-13,16H2,1-2H3,(H,31,33)/b9-3+. The van der Waals surface area contributed by atoms with Crippen LogP contribution in [0.5, 0.6) is 5.75 Å². The molecule has 1 aliphatic heterocycles. The minimum absolute atomic E-state index is 0.188. The van der Waals surface area contributed by atoms with E-state index in [0.29, 0.717) is 25.1 Å². The van der Waals surface area contributed by atoms with Crippen molar-refractivity contribution in [2.24, 2.45) is 0 Å². The van der Waals surface area contributed by atoms with Gasteiger partial charge >= 0.3 is 0 Å². The summed E-state index contributed by atoms with van der Waals surface area (Å²) in [5.41, 5.74) is 6.31. The topological polar surface area (TPSA) is 96.7 Å². The maximum atomic E-state index is 12.1. The highest BCUT2D eigenvalue weighted by atomic mass is 16.8. The van der Waals surface area contributed by atoms with Crippen molar-refractivity contribution in [3.8, 4) is 11.8 Å². The van der Waals surface area contributed by atoms with Gasteiger partial charge in [-0.15, -0.1) is 0 Å². The van der Waals surface area contributed by atoms with Gasteiger partial charge in [0.15, 0.2) is 6.29 Å². The largest absolute Gasteiger partial charge is 0.496 e. The number of fused-ring (bicyclic) bond motifs is 1. The number of methoxy groups -OCH3 is 1. The number of amides is 1. The number of aromatic nitrogens is 1. The van der Waals surface area contributed by atoms with Gasteiger partial charge in [0.25, 0.3) is 0 Å². The molecule has 2 aromatic carbocycles. The summed E-state index contributed by atoms with van der Waals surface area (Å²) in [4.78, 5) is 23.9. The van der Waals surface area contributed by atoms with Crippen LogP contribution in [0.3, 0.4) is 0 Å². The molecule has 1 saturated heterocycles. The Morgan fingerprint density at radius 1 is 1.28 bits per heavy atom. The minimum atomic E-state index is -0.357. The van der Waals surface area contributed by atoms with Crippen LogP contribution in [0.25, 0.3) is 17.0 Å². The molecule has 1 atom stereocenters. The smallest absolute Gasteiger partial charge is 0.243 e. The van der Waals surface area contributed by atoms with Gasteiger partial charge in [-0.3, -0.25) is 4.79 Å². The van der Waals surface area contributed by atoms with Gasteiger partial charge in [-0.05, 0) is 49.6 Å². The predicted octanol–water partition coefficient (Wildman–Crippen LogP) is 5.25. The van der Waals surface area contributed by atoms with E-state index in [9.17, 15) is 10.1 Å². The summed E-state index contributed by atoms with van der Waals surface area (Å²) in [6, 6.07) is 17.6. The quantitative estimate of drug-likeness (QED) is 0.413. The molecule has 1 unspecified atom stereocenters. The number of pyridine rings is 1. The number of para-hydroxylation sites is 1. The van der Waals surface area contributed by atoms with Gasteiger partial charge in [0.2, 0.25) is 5.91 Å². The first kappa shape index (κ1) is 25.2. The number of allylic oxidation sites excluding steroid dienone is 1. The van der Waals surface area contributed by atoms with Gasteiger partial charge in [0, 0.05) is 43.1 Å². The number of anilines is 2. The Morgan fingerprint density at radius 3 is 2.92 bits per heavy atom. The van der Waals surface area contributed by atoms with Crippen LogP contribution in [0.2, 0.25) is 0 Å². The Morgan fingerprint density at radius 2 is 2.14 bits per heavy atom. The molecular weight excluding hydrogens is 456 g/mol. The van der Waals surface area contributed by atoms with Crippen LogP contribution in [0.15, 0.2) is 54.6 Å². The molecule has 36 heavy (non-hydrogen) atoms. The number of ether oxygens (including phenoxy) is 2. The average molecular weight is 487 g/mol. The van der Waals surface area contributed by atoms with E-state index in [-0.39, 0.29) is 12.2 Å². The molecular formula is C28H30N4O4. The Bertz CT molecular complexity index is 1280. The van der Waals surface area contributed by atoms with E-state index in [1.165, 1.54) is 0 Å². The zero-order chi connectivity index (χ0) is 25.3.